The van der Waals surface area contributed by atoms with E-state index in [1.807, 2.05) is 24.3 Å². The number of rotatable bonds is 4. The minimum Gasteiger partial charge on any atom is -0.492 e. The van der Waals surface area contributed by atoms with Crippen molar-refractivity contribution in [3.05, 3.63) is 53.5 Å². The molecule has 6 nitrogen and oxygen atoms in total. The summed E-state index contributed by atoms with van der Waals surface area (Å²) in [5.74, 6) is -0.476. The molecule has 0 radical (unpaired) electrons. The van der Waals surface area contributed by atoms with Gasteiger partial charge in [-0.25, -0.2) is 4.79 Å². The maximum absolute atomic E-state index is 12.2. The Morgan fingerprint density at radius 2 is 2.09 bits per heavy atom. The lowest BCUT2D eigenvalue weighted by Crippen LogP contribution is -2.29. The van der Waals surface area contributed by atoms with Gasteiger partial charge in [-0.3, -0.25) is 4.79 Å². The van der Waals surface area contributed by atoms with Crippen LogP contribution in [0.25, 0.3) is 0 Å². The maximum atomic E-state index is 12.2. The monoisotopic (exact) mass is 316 g/mol. The molecule has 1 aliphatic rings. The molecule has 2 aromatic rings. The van der Waals surface area contributed by atoms with Crippen molar-refractivity contribution < 1.29 is 28.2 Å². The Morgan fingerprint density at radius 1 is 1.26 bits per heavy atom. The van der Waals surface area contributed by atoms with Crippen LogP contribution in [0.1, 0.15) is 21.7 Å². The third kappa shape index (κ3) is 3.21. The molecule has 1 atom stereocenters. The molecule has 2 heterocycles. The van der Waals surface area contributed by atoms with Gasteiger partial charge in [-0.2, -0.15) is 0 Å². The van der Waals surface area contributed by atoms with Gasteiger partial charge in [0.25, 0.3) is 0 Å². The highest BCUT2D eigenvalue weighted by Crippen LogP contribution is 2.27. The smallest absolute Gasteiger partial charge is 0.374 e. The van der Waals surface area contributed by atoms with E-state index in [9.17, 15) is 9.59 Å². The predicted octanol–water partition coefficient (Wildman–Crippen LogP) is 2.36. The highest BCUT2D eigenvalue weighted by Gasteiger charge is 2.27. The minimum atomic E-state index is -0.601. The Morgan fingerprint density at radius 3 is 2.91 bits per heavy atom. The van der Waals surface area contributed by atoms with Crippen LogP contribution >= 0.6 is 0 Å². The summed E-state index contributed by atoms with van der Waals surface area (Å²) in [6.07, 6.45) is 1.93. The maximum Gasteiger partial charge on any atom is 0.374 e. The number of fused-ring (bicyclic) bond motifs is 1. The van der Waals surface area contributed by atoms with Crippen LogP contribution in [0, 0.1) is 5.92 Å². The van der Waals surface area contributed by atoms with Gasteiger partial charge in [0, 0.05) is 5.56 Å². The number of esters is 2. The Balaban J connectivity index is 1.61. The molecule has 6 heteroatoms. The number of carbonyl (C=O) groups excluding carboxylic acids is 2. The summed E-state index contributed by atoms with van der Waals surface area (Å²) in [6, 6.07) is 9.19. The van der Waals surface area contributed by atoms with Gasteiger partial charge in [-0.1, -0.05) is 18.2 Å². The second-order valence-corrected chi connectivity index (χ2v) is 5.19. The molecule has 0 bridgehead atoms. The van der Waals surface area contributed by atoms with Gasteiger partial charge in [0.1, 0.15) is 19.0 Å². The minimum absolute atomic E-state index is 0.0437. The molecule has 0 fully saturated rings. The van der Waals surface area contributed by atoms with Crippen LogP contribution < -0.4 is 4.74 Å². The molecule has 120 valence electrons. The molecule has 1 aromatic heterocycles. The Kier molecular flexibility index (Phi) is 4.32. The quantitative estimate of drug-likeness (QED) is 0.806. The van der Waals surface area contributed by atoms with E-state index in [2.05, 4.69) is 4.74 Å². The summed E-state index contributed by atoms with van der Waals surface area (Å²) < 4.78 is 20.5. The first-order chi connectivity index (χ1) is 11.2. The number of benzene rings is 1. The van der Waals surface area contributed by atoms with Crippen LogP contribution in [0.15, 0.2) is 41.0 Å². The first-order valence-corrected chi connectivity index (χ1v) is 7.21. The van der Waals surface area contributed by atoms with E-state index in [-0.39, 0.29) is 30.9 Å². The van der Waals surface area contributed by atoms with E-state index < -0.39 is 5.97 Å². The molecule has 1 unspecified atom stereocenters. The summed E-state index contributed by atoms with van der Waals surface area (Å²) in [5, 5.41) is 0. The third-order valence-corrected chi connectivity index (χ3v) is 3.70. The SMILES string of the molecule is COC(=O)c1occc1COC(=O)C1COc2ccccc2C1. The summed E-state index contributed by atoms with van der Waals surface area (Å²) in [4.78, 5) is 23.7. The molecule has 0 saturated heterocycles. The van der Waals surface area contributed by atoms with E-state index in [4.69, 9.17) is 13.9 Å². The van der Waals surface area contributed by atoms with Crippen LogP contribution in [0.5, 0.6) is 5.75 Å². The van der Waals surface area contributed by atoms with Gasteiger partial charge in [0.2, 0.25) is 5.76 Å². The van der Waals surface area contributed by atoms with Gasteiger partial charge in [0.15, 0.2) is 0 Å². The number of para-hydroxylation sites is 1. The van der Waals surface area contributed by atoms with E-state index in [1.165, 1.54) is 13.4 Å². The average Bonchev–Trinajstić information content (AvgIpc) is 3.07. The zero-order valence-electron chi connectivity index (χ0n) is 12.6. The van der Waals surface area contributed by atoms with Crippen molar-refractivity contribution in [2.45, 2.75) is 13.0 Å². The van der Waals surface area contributed by atoms with E-state index in [0.717, 1.165) is 11.3 Å². The molecule has 3 rings (SSSR count). The fourth-order valence-electron chi connectivity index (χ4n) is 2.47. The van der Waals surface area contributed by atoms with Crippen molar-refractivity contribution >= 4 is 11.9 Å². The number of hydrogen-bond donors (Lipinski definition) is 0. The fourth-order valence-corrected chi connectivity index (χ4v) is 2.47. The van der Waals surface area contributed by atoms with Crippen molar-refractivity contribution in [3.8, 4) is 5.75 Å². The molecule has 0 N–H and O–H groups in total. The second-order valence-electron chi connectivity index (χ2n) is 5.19. The number of ether oxygens (including phenoxy) is 3. The fraction of sp³-hybridized carbons (Fsp3) is 0.294. The molecular weight excluding hydrogens is 300 g/mol. The largest absolute Gasteiger partial charge is 0.492 e. The topological polar surface area (TPSA) is 75.0 Å². The summed E-state index contributed by atoms with van der Waals surface area (Å²) in [5.41, 5.74) is 1.46. The lowest BCUT2D eigenvalue weighted by molar-refractivity contribution is -0.151. The number of furan rings is 1. The van der Waals surface area contributed by atoms with E-state index in [0.29, 0.717) is 12.0 Å². The van der Waals surface area contributed by atoms with Crippen molar-refractivity contribution in [1.29, 1.82) is 0 Å². The normalized spacial score (nSPS) is 16.1. The summed E-state index contributed by atoms with van der Waals surface area (Å²) >= 11 is 0. The Labute approximate surface area is 132 Å². The second kappa shape index (κ2) is 6.56. The van der Waals surface area contributed by atoms with Crippen LogP contribution in [0.4, 0.5) is 0 Å². The zero-order chi connectivity index (χ0) is 16.2. The third-order valence-electron chi connectivity index (χ3n) is 3.70. The molecule has 1 aromatic carbocycles. The molecule has 0 spiro atoms. The zero-order valence-corrected chi connectivity index (χ0v) is 12.6. The van der Waals surface area contributed by atoms with Crippen LogP contribution in [0.2, 0.25) is 0 Å². The van der Waals surface area contributed by atoms with Gasteiger partial charge in [0.05, 0.1) is 19.3 Å². The van der Waals surface area contributed by atoms with E-state index >= 15 is 0 Å². The number of methoxy groups -OCH3 is 1. The Hall–Kier alpha value is -2.76. The molecule has 0 saturated carbocycles. The molecule has 23 heavy (non-hydrogen) atoms. The van der Waals surface area contributed by atoms with Gasteiger partial charge in [-0.15, -0.1) is 0 Å². The van der Waals surface area contributed by atoms with Crippen LogP contribution in [-0.4, -0.2) is 25.7 Å². The van der Waals surface area contributed by atoms with Gasteiger partial charge < -0.3 is 18.6 Å². The first-order valence-electron chi connectivity index (χ1n) is 7.21. The van der Waals surface area contributed by atoms with Gasteiger partial charge in [-0.05, 0) is 24.1 Å². The number of carbonyl (C=O) groups is 2. The van der Waals surface area contributed by atoms with Crippen LogP contribution in [0.3, 0.4) is 0 Å². The Bertz CT molecular complexity index is 717. The molecule has 0 aliphatic carbocycles. The first kappa shape index (κ1) is 15.1. The molecular formula is C17H16O6. The van der Waals surface area contributed by atoms with Gasteiger partial charge >= 0.3 is 11.9 Å². The average molecular weight is 316 g/mol. The van der Waals surface area contributed by atoms with Crippen molar-refractivity contribution in [1.82, 2.24) is 0 Å². The number of hydrogen-bond acceptors (Lipinski definition) is 6. The standard InChI is InChI=1S/C17H16O6/c1-20-17(19)15-12(6-7-21-15)9-23-16(18)13-8-11-4-2-3-5-14(11)22-10-13/h2-7,13H,8-10H2,1H3. The lowest BCUT2D eigenvalue weighted by Gasteiger charge is -2.23. The highest BCUT2D eigenvalue weighted by atomic mass is 16.5. The summed E-state index contributed by atoms with van der Waals surface area (Å²) in [7, 11) is 1.26. The molecule has 0 amide bonds. The predicted molar refractivity (Wildman–Crippen MR) is 79.0 cm³/mol. The summed E-state index contributed by atoms with van der Waals surface area (Å²) in [6.45, 7) is 0.239. The van der Waals surface area contributed by atoms with E-state index in [1.54, 1.807) is 6.07 Å². The highest BCUT2D eigenvalue weighted by molar-refractivity contribution is 5.87. The van der Waals surface area contributed by atoms with Crippen molar-refractivity contribution in [2.24, 2.45) is 5.92 Å². The molecule has 1 aliphatic heterocycles. The van der Waals surface area contributed by atoms with Crippen molar-refractivity contribution in [3.63, 3.8) is 0 Å². The lowest BCUT2D eigenvalue weighted by atomic mass is 9.97. The van der Waals surface area contributed by atoms with Crippen LogP contribution in [-0.2, 0) is 27.3 Å². The van der Waals surface area contributed by atoms with Crippen molar-refractivity contribution in [2.75, 3.05) is 13.7 Å².